The van der Waals surface area contributed by atoms with Gasteiger partial charge in [-0.05, 0) is 48.8 Å². The number of unbranched alkanes of at least 4 members (excludes halogenated alkanes) is 1. The zero-order valence-corrected chi connectivity index (χ0v) is 12.7. The molecule has 0 saturated heterocycles. The predicted octanol–water partition coefficient (Wildman–Crippen LogP) is 3.63. The fraction of sp³-hybridized carbons (Fsp3) is 0.500. The summed E-state index contributed by atoms with van der Waals surface area (Å²) in [7, 11) is 0. The van der Waals surface area contributed by atoms with Crippen LogP contribution in [0.1, 0.15) is 37.8 Å². The van der Waals surface area contributed by atoms with Crippen LogP contribution in [-0.4, -0.2) is 17.4 Å². The van der Waals surface area contributed by atoms with Gasteiger partial charge in [0.1, 0.15) is 5.82 Å². The van der Waals surface area contributed by atoms with E-state index >= 15 is 0 Å². The van der Waals surface area contributed by atoms with Gasteiger partial charge in [-0.2, -0.15) is 0 Å². The van der Waals surface area contributed by atoms with Crippen LogP contribution in [0, 0.1) is 5.82 Å². The summed E-state index contributed by atoms with van der Waals surface area (Å²) in [6.07, 6.45) is 3.22. The van der Waals surface area contributed by atoms with Gasteiger partial charge in [0, 0.05) is 17.2 Å². The smallest absolute Gasteiger partial charge is 0.166 e. The Morgan fingerprint density at radius 1 is 1.53 bits per heavy atom. The molecule has 0 unspecified atom stereocenters. The highest BCUT2D eigenvalue weighted by Crippen LogP contribution is 2.36. The van der Waals surface area contributed by atoms with Crippen LogP contribution in [0.3, 0.4) is 0 Å². The van der Waals surface area contributed by atoms with Gasteiger partial charge in [-0.15, -0.1) is 11.8 Å². The molecule has 0 aliphatic carbocycles. The Bertz CT molecular complexity index is 451. The molecule has 5 heteroatoms. The molecule has 0 saturated carbocycles. The minimum absolute atomic E-state index is 0.119. The Morgan fingerprint density at radius 2 is 2.37 bits per heavy atom. The molecule has 2 N–H and O–H groups in total. The molecule has 2 nitrogen and oxygen atoms in total. The Hall–Kier alpha value is -0.810. The van der Waals surface area contributed by atoms with E-state index in [1.54, 1.807) is 17.8 Å². The lowest BCUT2D eigenvalue weighted by molar-refractivity contribution is 0.580. The molecule has 19 heavy (non-hydrogen) atoms. The highest BCUT2D eigenvalue weighted by atomic mass is 32.2. The maximum atomic E-state index is 13.4. The molecule has 0 amide bonds. The molecule has 0 fully saturated rings. The number of halogens is 1. The first-order valence-corrected chi connectivity index (χ1v) is 8.06. The van der Waals surface area contributed by atoms with Crippen molar-refractivity contribution in [1.29, 1.82) is 0 Å². The lowest BCUT2D eigenvalue weighted by atomic mass is 10.0. The van der Waals surface area contributed by atoms with Crippen molar-refractivity contribution in [3.63, 3.8) is 0 Å². The number of thioether (sulfide) groups is 1. The third kappa shape index (κ3) is 4.08. The molecular formula is C14H19FN2S2. The number of hydrogen-bond acceptors (Lipinski definition) is 2. The number of fused-ring (bicyclic) bond motifs is 1. The van der Waals surface area contributed by atoms with Crippen LogP contribution in [0.4, 0.5) is 4.39 Å². The van der Waals surface area contributed by atoms with Crippen LogP contribution in [0.2, 0.25) is 0 Å². The first kappa shape index (κ1) is 14.6. The van der Waals surface area contributed by atoms with Gasteiger partial charge in [0.05, 0.1) is 6.04 Å². The van der Waals surface area contributed by atoms with Crippen molar-refractivity contribution >= 4 is 29.1 Å². The lowest BCUT2D eigenvalue weighted by Gasteiger charge is -2.27. The van der Waals surface area contributed by atoms with Crippen LogP contribution < -0.4 is 10.6 Å². The molecule has 1 aromatic rings. The molecule has 1 aliphatic heterocycles. The van der Waals surface area contributed by atoms with Gasteiger partial charge in [0.2, 0.25) is 0 Å². The summed E-state index contributed by atoms with van der Waals surface area (Å²) >= 11 is 7.07. The average Bonchev–Trinajstić information content (AvgIpc) is 2.40. The SMILES string of the molecule is CCCCNC(=S)N[C@H]1CCSc2ccc(F)cc21. The maximum absolute atomic E-state index is 13.4. The third-order valence-corrected chi connectivity index (χ3v) is 4.52. The Kier molecular flexibility index (Phi) is 5.45. The minimum atomic E-state index is -0.182. The second-order valence-corrected chi connectivity index (χ2v) is 6.17. The predicted molar refractivity (Wildman–Crippen MR) is 83.1 cm³/mol. The molecular weight excluding hydrogens is 279 g/mol. The van der Waals surface area contributed by atoms with Crippen molar-refractivity contribution < 1.29 is 4.39 Å². The van der Waals surface area contributed by atoms with Crippen molar-refractivity contribution in [2.75, 3.05) is 12.3 Å². The van der Waals surface area contributed by atoms with Crippen molar-refractivity contribution in [2.45, 2.75) is 37.1 Å². The van der Waals surface area contributed by atoms with E-state index in [-0.39, 0.29) is 11.9 Å². The quantitative estimate of drug-likeness (QED) is 0.655. The third-order valence-electron chi connectivity index (χ3n) is 3.13. The van der Waals surface area contributed by atoms with E-state index < -0.39 is 0 Å². The summed E-state index contributed by atoms with van der Waals surface area (Å²) in [4.78, 5) is 1.15. The molecule has 0 spiro atoms. The summed E-state index contributed by atoms with van der Waals surface area (Å²) in [5.74, 6) is 0.853. The van der Waals surface area contributed by atoms with E-state index in [0.29, 0.717) is 5.11 Å². The van der Waals surface area contributed by atoms with Crippen LogP contribution in [-0.2, 0) is 0 Å². The number of thiocarbonyl (C=S) groups is 1. The van der Waals surface area contributed by atoms with E-state index in [2.05, 4.69) is 17.6 Å². The zero-order valence-electron chi connectivity index (χ0n) is 11.0. The van der Waals surface area contributed by atoms with Crippen LogP contribution in [0.5, 0.6) is 0 Å². The molecule has 0 bridgehead atoms. The van der Waals surface area contributed by atoms with Gasteiger partial charge in [0.15, 0.2) is 5.11 Å². The number of nitrogens with one attached hydrogen (secondary N) is 2. The number of rotatable bonds is 4. The lowest BCUT2D eigenvalue weighted by Crippen LogP contribution is -2.39. The minimum Gasteiger partial charge on any atom is -0.363 e. The van der Waals surface area contributed by atoms with Crippen molar-refractivity contribution in [3.05, 3.63) is 29.6 Å². The van der Waals surface area contributed by atoms with Gasteiger partial charge in [-0.3, -0.25) is 0 Å². The van der Waals surface area contributed by atoms with E-state index in [1.165, 1.54) is 6.07 Å². The maximum Gasteiger partial charge on any atom is 0.166 e. The normalized spacial score (nSPS) is 17.7. The van der Waals surface area contributed by atoms with Crippen LogP contribution >= 0.6 is 24.0 Å². The first-order valence-electron chi connectivity index (χ1n) is 6.67. The Morgan fingerprint density at radius 3 is 3.16 bits per heavy atom. The molecule has 104 valence electrons. The van der Waals surface area contributed by atoms with Crippen LogP contribution in [0.25, 0.3) is 0 Å². The summed E-state index contributed by atoms with van der Waals surface area (Å²) in [5.41, 5.74) is 1.02. The van der Waals surface area contributed by atoms with Gasteiger partial charge < -0.3 is 10.6 Å². The van der Waals surface area contributed by atoms with E-state index in [0.717, 1.165) is 42.0 Å². The topological polar surface area (TPSA) is 24.1 Å². The molecule has 0 radical (unpaired) electrons. The summed E-state index contributed by atoms with van der Waals surface area (Å²) in [6.45, 7) is 3.04. The summed E-state index contributed by atoms with van der Waals surface area (Å²) in [5, 5.41) is 7.16. The van der Waals surface area contributed by atoms with Gasteiger partial charge in [-0.25, -0.2) is 4.39 Å². The zero-order chi connectivity index (χ0) is 13.7. The Labute approximate surface area is 123 Å². The van der Waals surface area contributed by atoms with E-state index in [9.17, 15) is 4.39 Å². The molecule has 1 aliphatic rings. The summed E-state index contributed by atoms with van der Waals surface area (Å²) in [6, 6.07) is 5.12. The summed E-state index contributed by atoms with van der Waals surface area (Å²) < 4.78 is 13.4. The fourth-order valence-corrected chi connectivity index (χ4v) is 3.45. The fourth-order valence-electron chi connectivity index (χ4n) is 2.10. The van der Waals surface area contributed by atoms with Crippen LogP contribution in [0.15, 0.2) is 23.1 Å². The van der Waals surface area contributed by atoms with Crippen molar-refractivity contribution in [3.8, 4) is 0 Å². The second kappa shape index (κ2) is 7.10. The highest BCUT2D eigenvalue weighted by Gasteiger charge is 2.21. The monoisotopic (exact) mass is 298 g/mol. The van der Waals surface area contributed by atoms with Gasteiger partial charge >= 0.3 is 0 Å². The van der Waals surface area contributed by atoms with Gasteiger partial charge in [-0.1, -0.05) is 13.3 Å². The molecule has 1 heterocycles. The molecule has 1 aromatic carbocycles. The van der Waals surface area contributed by atoms with Crippen molar-refractivity contribution in [2.24, 2.45) is 0 Å². The van der Waals surface area contributed by atoms with E-state index in [4.69, 9.17) is 12.2 Å². The molecule has 1 atom stereocenters. The highest BCUT2D eigenvalue weighted by molar-refractivity contribution is 7.99. The Balaban J connectivity index is 1.99. The van der Waals surface area contributed by atoms with Crippen molar-refractivity contribution in [1.82, 2.24) is 10.6 Å². The number of benzene rings is 1. The number of hydrogen-bond donors (Lipinski definition) is 2. The second-order valence-electron chi connectivity index (χ2n) is 4.63. The first-order chi connectivity index (χ1) is 9.20. The van der Waals surface area contributed by atoms with Gasteiger partial charge in [0.25, 0.3) is 0 Å². The molecule has 0 aromatic heterocycles. The standard InChI is InChI=1S/C14H19FN2S2/c1-2-3-7-16-14(18)17-12-6-8-19-13-5-4-10(15)9-11(12)13/h4-5,9,12H,2-3,6-8H2,1H3,(H2,16,17,18)/t12-/m0/s1. The van der Waals surface area contributed by atoms with E-state index in [1.807, 2.05) is 6.07 Å². The average molecular weight is 298 g/mol. The largest absolute Gasteiger partial charge is 0.363 e. The molecule has 2 rings (SSSR count).